The molecule has 0 amide bonds. The van der Waals surface area contributed by atoms with E-state index in [1.807, 2.05) is 34.6 Å². The zero-order valence-electron chi connectivity index (χ0n) is 11.2. The van der Waals surface area contributed by atoms with Gasteiger partial charge in [-0.15, -0.1) is 0 Å². The Morgan fingerprint density at radius 3 is 2.53 bits per heavy atom. The lowest BCUT2D eigenvalue weighted by atomic mass is 10.1. The molecule has 0 aliphatic carbocycles. The van der Waals surface area contributed by atoms with Crippen molar-refractivity contribution in [2.24, 2.45) is 0 Å². The third kappa shape index (κ3) is 3.47. The number of hydrogen-bond donors (Lipinski definition) is 1. The number of carbonyl (C=O) groups excluding carboxylic acids is 1. The van der Waals surface area contributed by atoms with Gasteiger partial charge in [0.15, 0.2) is 0 Å². The first-order chi connectivity index (χ1) is 7.74. The lowest BCUT2D eigenvalue weighted by Crippen LogP contribution is -2.31. The fraction of sp³-hybridized carbons (Fsp3) is 0.667. The van der Waals surface area contributed by atoms with Crippen molar-refractivity contribution in [3.8, 4) is 0 Å². The Labute approximate surface area is 102 Å². The van der Waals surface area contributed by atoms with Gasteiger partial charge in [0.05, 0.1) is 0 Å². The van der Waals surface area contributed by atoms with Gasteiger partial charge >= 0.3 is 5.97 Å². The van der Waals surface area contributed by atoms with E-state index in [2.05, 4.69) is 5.10 Å². The summed E-state index contributed by atoms with van der Waals surface area (Å²) in [6.07, 6.45) is 0.622. The van der Waals surface area contributed by atoms with Crippen LogP contribution in [0.5, 0.6) is 0 Å². The number of ether oxygens (including phenoxy) is 1. The molecule has 0 radical (unpaired) electrons. The summed E-state index contributed by atoms with van der Waals surface area (Å²) in [6.45, 7) is 9.34. The summed E-state index contributed by atoms with van der Waals surface area (Å²) < 4.78 is 7.00. The van der Waals surface area contributed by atoms with Gasteiger partial charge in [0, 0.05) is 11.8 Å². The number of esters is 1. The van der Waals surface area contributed by atoms with Gasteiger partial charge in [0.25, 0.3) is 0 Å². The summed E-state index contributed by atoms with van der Waals surface area (Å²) in [5.74, 6) is 0.149. The minimum Gasteiger partial charge on any atom is -0.458 e. The lowest BCUT2D eigenvalue weighted by molar-refractivity contribution is -0.159. The molecule has 96 valence electrons. The standard InChI is InChI=1S/C12H21N3O2/c1-6-9(11(16)17-12(3,4)5)15-8(2)7-10(13)14-15/h7,9H,6H2,1-5H3,(H2,13,14)/t9-/m1/s1. The summed E-state index contributed by atoms with van der Waals surface area (Å²) in [4.78, 5) is 12.0. The lowest BCUT2D eigenvalue weighted by Gasteiger charge is -2.24. The van der Waals surface area contributed by atoms with Crippen LogP contribution >= 0.6 is 0 Å². The number of hydrogen-bond acceptors (Lipinski definition) is 4. The highest BCUT2D eigenvalue weighted by molar-refractivity contribution is 5.74. The smallest absolute Gasteiger partial charge is 0.331 e. The highest BCUT2D eigenvalue weighted by Gasteiger charge is 2.26. The quantitative estimate of drug-likeness (QED) is 0.820. The van der Waals surface area contributed by atoms with Crippen molar-refractivity contribution in [3.63, 3.8) is 0 Å². The second-order valence-electron chi connectivity index (χ2n) is 5.11. The molecule has 1 rings (SSSR count). The first-order valence-electron chi connectivity index (χ1n) is 5.79. The van der Waals surface area contributed by atoms with Gasteiger partial charge in [-0.05, 0) is 34.1 Å². The van der Waals surface area contributed by atoms with Crippen LogP contribution in [0.1, 0.15) is 45.9 Å². The average Bonchev–Trinajstić information content (AvgIpc) is 2.43. The van der Waals surface area contributed by atoms with E-state index in [9.17, 15) is 4.79 Å². The van der Waals surface area contributed by atoms with Gasteiger partial charge in [0.1, 0.15) is 17.5 Å². The Bertz CT molecular complexity index is 404. The molecule has 1 aromatic heterocycles. The van der Waals surface area contributed by atoms with Crippen molar-refractivity contribution in [1.82, 2.24) is 9.78 Å². The molecule has 17 heavy (non-hydrogen) atoms. The van der Waals surface area contributed by atoms with E-state index in [4.69, 9.17) is 10.5 Å². The number of nitrogens with zero attached hydrogens (tertiary/aromatic N) is 2. The van der Waals surface area contributed by atoms with Crippen LogP contribution in [-0.4, -0.2) is 21.4 Å². The molecule has 2 N–H and O–H groups in total. The molecular weight excluding hydrogens is 218 g/mol. The Morgan fingerprint density at radius 2 is 2.18 bits per heavy atom. The molecule has 1 heterocycles. The number of anilines is 1. The molecule has 0 fully saturated rings. The van der Waals surface area contributed by atoms with E-state index in [0.29, 0.717) is 12.2 Å². The van der Waals surface area contributed by atoms with E-state index in [-0.39, 0.29) is 5.97 Å². The molecule has 0 aliphatic heterocycles. The highest BCUT2D eigenvalue weighted by Crippen LogP contribution is 2.20. The molecule has 0 bridgehead atoms. The molecule has 0 spiro atoms. The molecule has 5 nitrogen and oxygen atoms in total. The van der Waals surface area contributed by atoms with Crippen LogP contribution in [0, 0.1) is 6.92 Å². The van der Waals surface area contributed by atoms with Gasteiger partial charge < -0.3 is 10.5 Å². The van der Waals surface area contributed by atoms with Crippen molar-refractivity contribution in [1.29, 1.82) is 0 Å². The highest BCUT2D eigenvalue weighted by atomic mass is 16.6. The van der Waals surface area contributed by atoms with Crippen LogP contribution < -0.4 is 5.73 Å². The minimum absolute atomic E-state index is 0.272. The summed E-state index contributed by atoms with van der Waals surface area (Å²) >= 11 is 0. The number of aromatic nitrogens is 2. The van der Waals surface area contributed by atoms with E-state index in [0.717, 1.165) is 5.69 Å². The van der Waals surface area contributed by atoms with E-state index < -0.39 is 11.6 Å². The number of aryl methyl sites for hydroxylation is 1. The molecule has 1 atom stereocenters. The molecule has 0 saturated heterocycles. The zero-order valence-corrected chi connectivity index (χ0v) is 11.2. The molecule has 0 aliphatic rings. The first kappa shape index (κ1) is 13.5. The monoisotopic (exact) mass is 239 g/mol. The van der Waals surface area contributed by atoms with Gasteiger partial charge in [0.2, 0.25) is 0 Å². The molecule has 1 aromatic rings. The number of carbonyl (C=O) groups is 1. The largest absolute Gasteiger partial charge is 0.458 e. The fourth-order valence-corrected chi connectivity index (χ4v) is 1.64. The molecule has 0 aromatic carbocycles. The zero-order chi connectivity index (χ0) is 13.2. The molecule has 5 heteroatoms. The number of nitrogen functional groups attached to an aromatic ring is 1. The Balaban J connectivity index is 2.92. The van der Waals surface area contributed by atoms with Gasteiger partial charge in [-0.3, -0.25) is 4.68 Å². The van der Waals surface area contributed by atoms with Crippen LogP contribution in [0.3, 0.4) is 0 Å². The first-order valence-corrected chi connectivity index (χ1v) is 5.79. The van der Waals surface area contributed by atoms with Crippen molar-refractivity contribution < 1.29 is 9.53 Å². The summed E-state index contributed by atoms with van der Waals surface area (Å²) in [7, 11) is 0. The van der Waals surface area contributed by atoms with Crippen LogP contribution in [0.25, 0.3) is 0 Å². The van der Waals surface area contributed by atoms with E-state index in [1.165, 1.54) is 0 Å². The van der Waals surface area contributed by atoms with Gasteiger partial charge in [-0.1, -0.05) is 6.92 Å². The van der Waals surface area contributed by atoms with Crippen molar-refractivity contribution >= 4 is 11.8 Å². The molecular formula is C12H21N3O2. The van der Waals surface area contributed by atoms with Crippen LogP contribution in [0.15, 0.2) is 6.07 Å². The summed E-state index contributed by atoms with van der Waals surface area (Å²) in [6, 6.07) is 1.33. The number of rotatable bonds is 3. The maximum Gasteiger partial charge on any atom is 0.331 e. The van der Waals surface area contributed by atoms with Crippen molar-refractivity contribution in [3.05, 3.63) is 11.8 Å². The van der Waals surface area contributed by atoms with Crippen molar-refractivity contribution in [2.45, 2.75) is 52.7 Å². The second kappa shape index (κ2) is 4.77. The maximum absolute atomic E-state index is 12.0. The Kier molecular flexibility index (Phi) is 3.80. The summed E-state index contributed by atoms with van der Waals surface area (Å²) in [5.41, 5.74) is 5.99. The normalized spacial score (nSPS) is 13.5. The van der Waals surface area contributed by atoms with Crippen LogP contribution in [-0.2, 0) is 9.53 Å². The summed E-state index contributed by atoms with van der Waals surface area (Å²) in [5, 5.41) is 4.13. The average molecular weight is 239 g/mol. The number of nitrogens with two attached hydrogens (primary N) is 1. The van der Waals surface area contributed by atoms with Crippen LogP contribution in [0.4, 0.5) is 5.82 Å². The van der Waals surface area contributed by atoms with Crippen molar-refractivity contribution in [2.75, 3.05) is 5.73 Å². The van der Waals surface area contributed by atoms with Gasteiger partial charge in [-0.25, -0.2) is 4.79 Å². The predicted octanol–water partition coefficient (Wildman–Crippen LogP) is 2.07. The minimum atomic E-state index is -0.489. The Hall–Kier alpha value is -1.52. The third-order valence-electron chi connectivity index (χ3n) is 2.30. The molecule has 0 saturated carbocycles. The SMILES string of the molecule is CC[C@H](C(=O)OC(C)(C)C)n1nc(N)cc1C. The second-order valence-corrected chi connectivity index (χ2v) is 5.11. The maximum atomic E-state index is 12.0. The molecule has 0 unspecified atom stereocenters. The topological polar surface area (TPSA) is 70.1 Å². The van der Waals surface area contributed by atoms with E-state index in [1.54, 1.807) is 10.7 Å². The van der Waals surface area contributed by atoms with Gasteiger partial charge in [-0.2, -0.15) is 5.10 Å². The van der Waals surface area contributed by atoms with Crippen LogP contribution in [0.2, 0.25) is 0 Å². The predicted molar refractivity (Wildman–Crippen MR) is 66.5 cm³/mol. The fourth-order valence-electron chi connectivity index (χ4n) is 1.64. The van der Waals surface area contributed by atoms with E-state index >= 15 is 0 Å². The Morgan fingerprint density at radius 1 is 1.59 bits per heavy atom. The third-order valence-corrected chi connectivity index (χ3v) is 2.30.